The van der Waals surface area contributed by atoms with Crippen LogP contribution in [-0.2, 0) is 4.79 Å². The molecule has 0 fully saturated rings. The van der Waals surface area contributed by atoms with Gasteiger partial charge in [-0.2, -0.15) is 0 Å². The van der Waals surface area contributed by atoms with Gasteiger partial charge in [-0.3, -0.25) is 19.3 Å². The first-order valence-electron chi connectivity index (χ1n) is 6.77. The summed E-state index contributed by atoms with van der Waals surface area (Å²) in [6.45, 7) is -0.391. The van der Waals surface area contributed by atoms with Crippen LogP contribution in [0.1, 0.15) is 20.7 Å². The molecule has 0 saturated heterocycles. The van der Waals surface area contributed by atoms with Gasteiger partial charge in [0.2, 0.25) is 5.91 Å². The Labute approximate surface area is 136 Å². The summed E-state index contributed by atoms with van der Waals surface area (Å²) in [6.07, 6.45) is 0. The third kappa shape index (κ3) is 2.76. The molecule has 1 aliphatic rings. The quantitative estimate of drug-likeness (QED) is 0.666. The molecule has 0 radical (unpaired) electrons. The van der Waals surface area contributed by atoms with Crippen LogP contribution in [0.15, 0.2) is 42.5 Å². The summed E-state index contributed by atoms with van der Waals surface area (Å²) in [5, 5.41) is 2.86. The summed E-state index contributed by atoms with van der Waals surface area (Å²) in [5.41, 5.74) is 7.00. The summed E-state index contributed by atoms with van der Waals surface area (Å²) in [6, 6.07) is 11.1. The van der Waals surface area contributed by atoms with Gasteiger partial charge >= 0.3 is 0 Å². The van der Waals surface area contributed by atoms with E-state index in [2.05, 4.69) is 5.32 Å². The normalized spacial score (nSPS) is 13.2. The number of nitrogens with zero attached hydrogens (tertiary/aromatic N) is 1. The first-order valence-corrected chi connectivity index (χ1v) is 7.15. The van der Waals surface area contributed by atoms with Crippen LogP contribution in [0.5, 0.6) is 0 Å². The fourth-order valence-corrected chi connectivity index (χ4v) is 2.52. The average Bonchev–Trinajstić information content (AvgIpc) is 2.76. The fraction of sp³-hybridized carbons (Fsp3) is 0.0625. The molecule has 3 N–H and O–H groups in total. The van der Waals surface area contributed by atoms with Crippen molar-refractivity contribution in [2.45, 2.75) is 0 Å². The van der Waals surface area contributed by atoms with Crippen molar-refractivity contribution in [3.8, 4) is 0 Å². The van der Waals surface area contributed by atoms with Gasteiger partial charge in [0.15, 0.2) is 0 Å². The molecule has 1 heterocycles. The summed E-state index contributed by atoms with van der Waals surface area (Å²) >= 11 is 5.97. The lowest BCUT2D eigenvalue weighted by Gasteiger charge is -2.14. The molecule has 0 aliphatic carbocycles. The third-order valence-electron chi connectivity index (χ3n) is 3.44. The van der Waals surface area contributed by atoms with Crippen molar-refractivity contribution < 1.29 is 14.4 Å². The molecule has 0 bridgehead atoms. The second-order valence-corrected chi connectivity index (χ2v) is 5.44. The molecule has 0 spiro atoms. The number of carbonyl (C=O) groups is 3. The topological polar surface area (TPSA) is 92.5 Å². The van der Waals surface area contributed by atoms with Crippen LogP contribution in [0, 0.1) is 0 Å². The van der Waals surface area contributed by atoms with Crippen LogP contribution >= 0.6 is 11.6 Å². The average molecular weight is 330 g/mol. The molecule has 0 saturated carbocycles. The molecule has 1 aliphatic heterocycles. The molecule has 2 aromatic carbocycles. The van der Waals surface area contributed by atoms with Crippen molar-refractivity contribution in [3.05, 3.63) is 58.6 Å². The summed E-state index contributed by atoms with van der Waals surface area (Å²) < 4.78 is 0. The van der Waals surface area contributed by atoms with Crippen LogP contribution in [0.2, 0.25) is 5.02 Å². The van der Waals surface area contributed by atoms with E-state index in [9.17, 15) is 14.4 Å². The molecule has 116 valence electrons. The number of hydrogen-bond acceptors (Lipinski definition) is 4. The Kier molecular flexibility index (Phi) is 3.75. The number of rotatable bonds is 3. The van der Waals surface area contributed by atoms with Gasteiger partial charge in [0.1, 0.15) is 6.54 Å². The summed E-state index contributed by atoms with van der Waals surface area (Å²) in [5.74, 6) is -1.51. The highest BCUT2D eigenvalue weighted by atomic mass is 35.5. The minimum atomic E-state index is -0.535. The van der Waals surface area contributed by atoms with E-state index in [0.29, 0.717) is 27.5 Å². The number of hydrogen-bond donors (Lipinski definition) is 2. The molecule has 7 heteroatoms. The Morgan fingerprint density at radius 1 is 1.09 bits per heavy atom. The van der Waals surface area contributed by atoms with Gasteiger partial charge in [0.25, 0.3) is 11.8 Å². The van der Waals surface area contributed by atoms with Gasteiger partial charge in [-0.15, -0.1) is 0 Å². The van der Waals surface area contributed by atoms with Crippen molar-refractivity contribution in [1.82, 2.24) is 4.90 Å². The zero-order valence-electron chi connectivity index (χ0n) is 11.9. The maximum Gasteiger partial charge on any atom is 0.262 e. The van der Waals surface area contributed by atoms with Crippen LogP contribution in [0.3, 0.4) is 0 Å². The second kappa shape index (κ2) is 5.73. The number of halogens is 1. The van der Waals surface area contributed by atoms with Crippen molar-refractivity contribution in [2.75, 3.05) is 17.6 Å². The standard InChI is InChI=1S/C16H12ClN3O3/c17-12-6-5-9(18)7-13(12)19-14(21)8-20-15(22)10-3-1-2-4-11(10)16(20)23/h1-7H,8,18H2,(H,19,21). The van der Waals surface area contributed by atoms with E-state index in [0.717, 1.165) is 4.90 Å². The number of anilines is 2. The monoisotopic (exact) mass is 329 g/mol. The SMILES string of the molecule is Nc1ccc(Cl)c(NC(=O)CN2C(=O)c3ccccc3C2=O)c1. The van der Waals surface area contributed by atoms with Crippen molar-refractivity contribution in [3.63, 3.8) is 0 Å². The zero-order valence-corrected chi connectivity index (χ0v) is 12.6. The number of nitrogen functional groups attached to an aromatic ring is 1. The minimum Gasteiger partial charge on any atom is -0.399 e. The first kappa shape index (κ1) is 15.1. The van der Waals surface area contributed by atoms with E-state index in [1.807, 2.05) is 0 Å². The van der Waals surface area contributed by atoms with Crippen molar-refractivity contribution in [1.29, 1.82) is 0 Å². The van der Waals surface area contributed by atoms with Gasteiger partial charge in [-0.05, 0) is 30.3 Å². The number of imide groups is 1. The number of nitrogens with one attached hydrogen (secondary N) is 1. The van der Waals surface area contributed by atoms with Crippen molar-refractivity contribution in [2.24, 2.45) is 0 Å². The smallest absolute Gasteiger partial charge is 0.262 e. The van der Waals surface area contributed by atoms with E-state index in [-0.39, 0.29) is 0 Å². The molecule has 0 unspecified atom stereocenters. The Morgan fingerprint density at radius 2 is 1.70 bits per heavy atom. The maximum atomic E-state index is 12.2. The third-order valence-corrected chi connectivity index (χ3v) is 3.77. The highest BCUT2D eigenvalue weighted by Crippen LogP contribution is 2.25. The van der Waals surface area contributed by atoms with Crippen LogP contribution < -0.4 is 11.1 Å². The lowest BCUT2D eigenvalue weighted by Crippen LogP contribution is -2.37. The van der Waals surface area contributed by atoms with E-state index in [4.69, 9.17) is 17.3 Å². The molecule has 3 rings (SSSR count). The Bertz CT molecular complexity index is 800. The van der Waals surface area contributed by atoms with E-state index >= 15 is 0 Å². The number of carbonyl (C=O) groups excluding carboxylic acids is 3. The number of nitrogens with two attached hydrogens (primary N) is 1. The van der Waals surface area contributed by atoms with Gasteiger partial charge < -0.3 is 11.1 Å². The predicted molar refractivity (Wildman–Crippen MR) is 86.3 cm³/mol. The van der Waals surface area contributed by atoms with Gasteiger partial charge in [-0.25, -0.2) is 0 Å². The molecule has 3 amide bonds. The molecule has 6 nitrogen and oxygen atoms in total. The predicted octanol–water partition coefficient (Wildman–Crippen LogP) is 2.16. The highest BCUT2D eigenvalue weighted by molar-refractivity contribution is 6.34. The molecule has 0 aromatic heterocycles. The Balaban J connectivity index is 1.76. The van der Waals surface area contributed by atoms with Crippen LogP contribution in [0.4, 0.5) is 11.4 Å². The zero-order chi connectivity index (χ0) is 16.6. The largest absolute Gasteiger partial charge is 0.399 e. The van der Waals surface area contributed by atoms with Gasteiger partial charge in [0.05, 0.1) is 21.8 Å². The number of benzene rings is 2. The number of fused-ring (bicyclic) bond motifs is 1. The fourth-order valence-electron chi connectivity index (χ4n) is 2.35. The van der Waals surface area contributed by atoms with E-state index < -0.39 is 24.3 Å². The molecule has 0 atom stereocenters. The Morgan fingerprint density at radius 3 is 2.30 bits per heavy atom. The van der Waals surface area contributed by atoms with Gasteiger partial charge in [0, 0.05) is 5.69 Å². The lowest BCUT2D eigenvalue weighted by molar-refractivity contribution is -0.116. The maximum absolute atomic E-state index is 12.2. The number of amides is 3. The highest BCUT2D eigenvalue weighted by Gasteiger charge is 2.36. The summed E-state index contributed by atoms with van der Waals surface area (Å²) in [7, 11) is 0. The van der Waals surface area contributed by atoms with E-state index in [1.54, 1.807) is 36.4 Å². The molecular formula is C16H12ClN3O3. The van der Waals surface area contributed by atoms with E-state index in [1.165, 1.54) is 6.07 Å². The minimum absolute atomic E-state index is 0.298. The summed E-state index contributed by atoms with van der Waals surface area (Å²) in [4.78, 5) is 37.4. The molecule has 2 aromatic rings. The Hall–Kier alpha value is -2.86. The van der Waals surface area contributed by atoms with Crippen LogP contribution in [-0.4, -0.2) is 29.2 Å². The molecular weight excluding hydrogens is 318 g/mol. The molecule has 23 heavy (non-hydrogen) atoms. The van der Waals surface area contributed by atoms with Gasteiger partial charge in [-0.1, -0.05) is 23.7 Å². The van der Waals surface area contributed by atoms with Crippen molar-refractivity contribution >= 4 is 40.7 Å². The second-order valence-electron chi connectivity index (χ2n) is 5.03. The first-order chi connectivity index (χ1) is 11.0. The van der Waals surface area contributed by atoms with Crippen LogP contribution in [0.25, 0.3) is 0 Å². The lowest BCUT2D eigenvalue weighted by atomic mass is 10.1.